The van der Waals surface area contributed by atoms with Gasteiger partial charge in [-0.2, -0.15) is 13.2 Å². The second kappa shape index (κ2) is 5.76. The minimum Gasteiger partial charge on any atom is -0.495 e. The Hall–Kier alpha value is -2.03. The summed E-state index contributed by atoms with van der Waals surface area (Å²) >= 11 is 3.28. The van der Waals surface area contributed by atoms with Gasteiger partial charge in [0.15, 0.2) is 0 Å². The molecule has 112 valence electrons. The van der Waals surface area contributed by atoms with Crippen LogP contribution in [0.2, 0.25) is 0 Å². The number of aromatic nitrogens is 2. The van der Waals surface area contributed by atoms with Gasteiger partial charge in [-0.15, -0.1) is 0 Å². The fraction of sp³-hybridized carbons (Fsp3) is 0.167. The summed E-state index contributed by atoms with van der Waals surface area (Å²) in [4.78, 5) is 6.56. The number of alkyl halides is 3. The zero-order valence-corrected chi connectivity index (χ0v) is 12.3. The van der Waals surface area contributed by atoms with E-state index in [1.54, 1.807) is 18.2 Å². The van der Waals surface area contributed by atoms with Crippen molar-refractivity contribution in [1.82, 2.24) is 9.97 Å². The number of benzene rings is 1. The number of nitrogens with two attached hydrogens (primary N) is 1. The van der Waals surface area contributed by atoms with Gasteiger partial charge in [0, 0.05) is 17.8 Å². The largest absolute Gasteiger partial charge is 0.495 e. The molecule has 0 bridgehead atoms. The van der Waals surface area contributed by atoms with Crippen molar-refractivity contribution in [3.8, 4) is 5.75 Å². The third-order valence-electron chi connectivity index (χ3n) is 2.42. The summed E-state index contributed by atoms with van der Waals surface area (Å²) < 4.78 is 43.7. The molecule has 0 unspecified atom stereocenters. The third-order valence-corrected chi connectivity index (χ3v) is 3.08. The summed E-state index contributed by atoms with van der Waals surface area (Å²) in [5.41, 5.74) is 5.87. The van der Waals surface area contributed by atoms with Gasteiger partial charge in [0.25, 0.3) is 0 Å². The van der Waals surface area contributed by atoms with Crippen LogP contribution in [0.15, 0.2) is 28.7 Å². The highest BCUT2D eigenvalue weighted by molar-refractivity contribution is 9.10. The molecule has 9 heteroatoms. The van der Waals surface area contributed by atoms with Crippen LogP contribution >= 0.6 is 15.9 Å². The number of hydrogen-bond acceptors (Lipinski definition) is 5. The number of nitrogens with zero attached hydrogens (tertiary/aromatic N) is 2. The van der Waals surface area contributed by atoms with Gasteiger partial charge in [-0.05, 0) is 28.1 Å². The lowest BCUT2D eigenvalue weighted by Crippen LogP contribution is -2.13. The van der Waals surface area contributed by atoms with E-state index in [0.29, 0.717) is 15.9 Å². The maximum absolute atomic E-state index is 12.6. The van der Waals surface area contributed by atoms with Crippen LogP contribution in [0.4, 0.5) is 30.5 Å². The summed E-state index contributed by atoms with van der Waals surface area (Å²) in [5.74, 6) is -1.10. The van der Waals surface area contributed by atoms with Crippen LogP contribution in [0.5, 0.6) is 5.75 Å². The lowest BCUT2D eigenvalue weighted by atomic mass is 10.3. The molecule has 5 nitrogen and oxygen atoms in total. The second-order valence-corrected chi connectivity index (χ2v) is 4.83. The number of ether oxygens (including phenoxy) is 1. The molecule has 0 spiro atoms. The van der Waals surface area contributed by atoms with E-state index in [0.717, 1.165) is 0 Å². The van der Waals surface area contributed by atoms with Crippen LogP contribution in [0.1, 0.15) is 5.82 Å². The number of nitrogen functional groups attached to an aromatic ring is 1. The van der Waals surface area contributed by atoms with Crippen molar-refractivity contribution < 1.29 is 17.9 Å². The van der Waals surface area contributed by atoms with Gasteiger partial charge in [0.05, 0.1) is 11.6 Å². The van der Waals surface area contributed by atoms with Gasteiger partial charge >= 0.3 is 6.18 Å². The molecule has 0 saturated heterocycles. The van der Waals surface area contributed by atoms with Crippen molar-refractivity contribution in [3.63, 3.8) is 0 Å². The summed E-state index contributed by atoms with van der Waals surface area (Å²) in [6.07, 6.45) is -4.66. The summed E-state index contributed by atoms with van der Waals surface area (Å²) in [5, 5.41) is 2.73. The van der Waals surface area contributed by atoms with Crippen LogP contribution < -0.4 is 15.8 Å². The molecule has 3 N–H and O–H groups in total. The number of hydrogen-bond donors (Lipinski definition) is 2. The minimum absolute atomic E-state index is 0.0563. The van der Waals surface area contributed by atoms with E-state index >= 15 is 0 Å². The quantitative estimate of drug-likeness (QED) is 0.872. The van der Waals surface area contributed by atoms with E-state index in [1.165, 1.54) is 13.2 Å². The average Bonchev–Trinajstić information content (AvgIpc) is 2.39. The van der Waals surface area contributed by atoms with Crippen LogP contribution in [-0.4, -0.2) is 17.1 Å². The Balaban J connectivity index is 2.33. The molecule has 0 aliphatic carbocycles. The van der Waals surface area contributed by atoms with Crippen LogP contribution in [-0.2, 0) is 6.18 Å². The van der Waals surface area contributed by atoms with Crippen LogP contribution in [0.25, 0.3) is 0 Å². The highest BCUT2D eigenvalue weighted by atomic mass is 79.9. The lowest BCUT2D eigenvalue weighted by Gasteiger charge is -2.11. The number of nitrogens with one attached hydrogen (secondary N) is 1. The molecule has 0 saturated carbocycles. The molecule has 0 atom stereocenters. The van der Waals surface area contributed by atoms with Gasteiger partial charge in [0.1, 0.15) is 17.4 Å². The van der Waals surface area contributed by atoms with Crippen molar-refractivity contribution in [1.29, 1.82) is 0 Å². The predicted molar refractivity (Wildman–Crippen MR) is 75.4 cm³/mol. The fourth-order valence-corrected chi connectivity index (χ4v) is 1.95. The summed E-state index contributed by atoms with van der Waals surface area (Å²) in [6.45, 7) is 0. The van der Waals surface area contributed by atoms with Gasteiger partial charge in [-0.1, -0.05) is 0 Å². The van der Waals surface area contributed by atoms with Gasteiger partial charge in [0.2, 0.25) is 5.82 Å². The van der Waals surface area contributed by atoms with Crippen LogP contribution in [0.3, 0.4) is 0 Å². The maximum atomic E-state index is 12.6. The first-order chi connectivity index (χ1) is 9.79. The van der Waals surface area contributed by atoms with Gasteiger partial charge in [-0.25, -0.2) is 9.97 Å². The standard InChI is InChI=1S/C12H10BrF3N4O/c1-21-8-4-6(2-3-7(8)13)18-10-5-9(17)19-11(20-10)12(14,15)16/h2-5H,1H3,(H3,17,18,19,20). The molecule has 0 fully saturated rings. The van der Waals surface area contributed by atoms with E-state index in [4.69, 9.17) is 10.5 Å². The van der Waals surface area contributed by atoms with Gasteiger partial charge < -0.3 is 15.8 Å². The molecule has 2 aromatic rings. The second-order valence-electron chi connectivity index (χ2n) is 3.97. The predicted octanol–water partition coefficient (Wildman–Crippen LogP) is 3.59. The monoisotopic (exact) mass is 362 g/mol. The van der Waals surface area contributed by atoms with Crippen LogP contribution in [0, 0.1) is 0 Å². The van der Waals surface area contributed by atoms with Crippen molar-refractivity contribution in [2.45, 2.75) is 6.18 Å². The Morgan fingerprint density at radius 1 is 1.24 bits per heavy atom. The maximum Gasteiger partial charge on any atom is 0.451 e. The molecule has 0 radical (unpaired) electrons. The lowest BCUT2D eigenvalue weighted by molar-refractivity contribution is -0.144. The number of rotatable bonds is 3. The first-order valence-corrected chi connectivity index (χ1v) is 6.41. The number of halogens is 4. The molecule has 2 rings (SSSR count). The fourth-order valence-electron chi connectivity index (χ4n) is 1.54. The number of methoxy groups -OCH3 is 1. The first-order valence-electron chi connectivity index (χ1n) is 5.62. The Morgan fingerprint density at radius 3 is 2.57 bits per heavy atom. The van der Waals surface area contributed by atoms with Gasteiger partial charge in [-0.3, -0.25) is 0 Å². The molecule has 1 heterocycles. The molecule has 1 aromatic heterocycles. The molecule has 21 heavy (non-hydrogen) atoms. The van der Waals surface area contributed by atoms with E-state index < -0.39 is 12.0 Å². The van der Waals surface area contributed by atoms with E-state index in [2.05, 4.69) is 31.2 Å². The van der Waals surface area contributed by atoms with E-state index in [1.807, 2.05) is 0 Å². The highest BCUT2D eigenvalue weighted by Gasteiger charge is 2.35. The molecular formula is C12H10BrF3N4O. The summed E-state index contributed by atoms with van der Waals surface area (Å²) in [7, 11) is 1.48. The summed E-state index contributed by atoms with van der Waals surface area (Å²) in [6, 6.07) is 6.16. The van der Waals surface area contributed by atoms with E-state index in [-0.39, 0.29) is 11.6 Å². The first kappa shape index (κ1) is 15.4. The highest BCUT2D eigenvalue weighted by Crippen LogP contribution is 2.31. The smallest absolute Gasteiger partial charge is 0.451 e. The Labute approximate surface area is 126 Å². The molecular weight excluding hydrogens is 353 g/mol. The van der Waals surface area contributed by atoms with Crippen molar-refractivity contribution in [2.75, 3.05) is 18.2 Å². The van der Waals surface area contributed by atoms with Crippen molar-refractivity contribution >= 4 is 33.3 Å². The normalized spacial score (nSPS) is 11.3. The van der Waals surface area contributed by atoms with Crippen molar-refractivity contribution in [2.24, 2.45) is 0 Å². The Morgan fingerprint density at radius 2 is 1.95 bits per heavy atom. The Kier molecular flexibility index (Phi) is 4.21. The topological polar surface area (TPSA) is 73.1 Å². The molecule has 0 aliphatic heterocycles. The third kappa shape index (κ3) is 3.75. The average molecular weight is 363 g/mol. The molecule has 0 aliphatic rings. The molecule has 1 aromatic carbocycles. The minimum atomic E-state index is -4.66. The zero-order valence-electron chi connectivity index (χ0n) is 10.7. The molecule has 0 amide bonds. The number of anilines is 3. The SMILES string of the molecule is COc1cc(Nc2cc(N)nc(C(F)(F)F)n2)ccc1Br. The van der Waals surface area contributed by atoms with E-state index in [9.17, 15) is 13.2 Å². The van der Waals surface area contributed by atoms with Crippen molar-refractivity contribution in [3.05, 3.63) is 34.6 Å². The zero-order chi connectivity index (χ0) is 15.6. The Bertz CT molecular complexity index is 663.